The van der Waals surface area contributed by atoms with Crippen LogP contribution in [0.5, 0.6) is 0 Å². The lowest BCUT2D eigenvalue weighted by Gasteiger charge is -2.10. The Morgan fingerprint density at radius 1 is 1.07 bits per heavy atom. The number of hydrogen-bond acceptors (Lipinski definition) is 5. The summed E-state index contributed by atoms with van der Waals surface area (Å²) in [5.41, 5.74) is 2.28. The number of nitro benzene ring substituents is 1. The van der Waals surface area contributed by atoms with Crippen molar-refractivity contribution in [3.63, 3.8) is 0 Å². The number of furan rings is 1. The van der Waals surface area contributed by atoms with E-state index in [9.17, 15) is 14.9 Å². The van der Waals surface area contributed by atoms with Crippen LogP contribution in [0.1, 0.15) is 12.7 Å². The van der Waals surface area contributed by atoms with Gasteiger partial charge in [-0.2, -0.15) is 10.1 Å². The third-order valence-electron chi connectivity index (χ3n) is 4.32. The van der Waals surface area contributed by atoms with Crippen molar-refractivity contribution in [2.45, 2.75) is 6.92 Å². The normalized spacial score (nSPS) is 15.2. The highest BCUT2D eigenvalue weighted by Gasteiger charge is 2.28. The minimum Gasteiger partial charge on any atom is -0.457 e. The van der Waals surface area contributed by atoms with Gasteiger partial charge >= 0.3 is 0 Å². The number of benzene rings is 2. The molecule has 0 N–H and O–H groups in total. The molecule has 0 aliphatic carbocycles. The number of para-hydroxylation sites is 1. The zero-order chi connectivity index (χ0) is 19.7. The van der Waals surface area contributed by atoms with Crippen molar-refractivity contribution in [2.75, 3.05) is 5.01 Å². The van der Waals surface area contributed by atoms with Crippen LogP contribution in [0.15, 0.2) is 81.8 Å². The number of non-ortho nitro benzene ring substituents is 1. The molecule has 2 heterocycles. The predicted molar refractivity (Wildman–Crippen MR) is 106 cm³/mol. The fourth-order valence-corrected chi connectivity index (χ4v) is 2.93. The molecule has 1 aliphatic heterocycles. The van der Waals surface area contributed by atoms with Crippen molar-refractivity contribution in [1.82, 2.24) is 0 Å². The van der Waals surface area contributed by atoms with Crippen LogP contribution in [-0.2, 0) is 4.79 Å². The van der Waals surface area contributed by atoms with Gasteiger partial charge in [0.05, 0.1) is 21.9 Å². The average Bonchev–Trinajstić information content (AvgIpc) is 3.29. The smallest absolute Gasteiger partial charge is 0.280 e. The number of hydrogen-bond donors (Lipinski definition) is 0. The van der Waals surface area contributed by atoms with Crippen molar-refractivity contribution in [3.8, 4) is 11.3 Å². The third kappa shape index (κ3) is 3.21. The number of carbonyl (C=O) groups excluding carboxylic acids is 1. The molecule has 0 fully saturated rings. The standard InChI is InChI=1S/C21H15N3O4/c1-14-19(21(25)23(22-14)16-7-3-2-4-8-16)13-18-10-11-20(28-18)15-6-5-9-17(12-15)24(26)27/h2-13H,1H3/b19-13-. The number of rotatable bonds is 4. The molecular weight excluding hydrogens is 358 g/mol. The second-order valence-electron chi connectivity index (χ2n) is 6.21. The van der Waals surface area contributed by atoms with Crippen LogP contribution in [0, 0.1) is 10.1 Å². The molecule has 0 spiro atoms. The molecule has 0 atom stereocenters. The van der Waals surface area contributed by atoms with Gasteiger partial charge in [-0.1, -0.05) is 30.3 Å². The monoisotopic (exact) mass is 373 g/mol. The first-order valence-electron chi connectivity index (χ1n) is 8.54. The fraction of sp³-hybridized carbons (Fsp3) is 0.0476. The van der Waals surface area contributed by atoms with Crippen LogP contribution in [-0.4, -0.2) is 16.5 Å². The van der Waals surface area contributed by atoms with Crippen molar-refractivity contribution in [3.05, 3.63) is 88.2 Å². The number of amides is 1. The van der Waals surface area contributed by atoms with Crippen molar-refractivity contribution < 1.29 is 14.1 Å². The summed E-state index contributed by atoms with van der Waals surface area (Å²) < 4.78 is 5.78. The first kappa shape index (κ1) is 17.4. The van der Waals surface area contributed by atoms with Crippen molar-refractivity contribution >= 4 is 29.1 Å². The zero-order valence-corrected chi connectivity index (χ0v) is 14.9. The maximum absolute atomic E-state index is 12.7. The lowest BCUT2D eigenvalue weighted by Crippen LogP contribution is -2.21. The van der Waals surface area contributed by atoms with Gasteiger partial charge in [-0.15, -0.1) is 0 Å². The molecule has 0 saturated heterocycles. The summed E-state index contributed by atoms with van der Waals surface area (Å²) in [6.45, 7) is 1.76. The molecule has 0 unspecified atom stereocenters. The Bertz CT molecular complexity index is 1130. The highest BCUT2D eigenvalue weighted by molar-refractivity contribution is 6.32. The first-order chi connectivity index (χ1) is 13.5. The summed E-state index contributed by atoms with van der Waals surface area (Å²) in [7, 11) is 0. The van der Waals surface area contributed by atoms with Gasteiger partial charge in [0.2, 0.25) is 0 Å². The summed E-state index contributed by atoms with van der Waals surface area (Å²) in [6, 6.07) is 18.8. The van der Waals surface area contributed by atoms with Gasteiger partial charge < -0.3 is 4.42 Å². The van der Waals surface area contributed by atoms with E-state index in [4.69, 9.17) is 4.42 Å². The lowest BCUT2D eigenvalue weighted by molar-refractivity contribution is -0.384. The minimum atomic E-state index is -0.454. The Balaban J connectivity index is 1.62. The second kappa shape index (κ2) is 6.96. The molecule has 1 aliphatic rings. The molecule has 7 heteroatoms. The molecule has 4 rings (SSSR count). The number of nitro groups is 1. The van der Waals surface area contributed by atoms with Gasteiger partial charge in [0.15, 0.2) is 0 Å². The van der Waals surface area contributed by atoms with Crippen molar-refractivity contribution in [2.24, 2.45) is 5.10 Å². The minimum absolute atomic E-state index is 0.0127. The van der Waals surface area contributed by atoms with Gasteiger partial charge in [-0.3, -0.25) is 14.9 Å². The highest BCUT2D eigenvalue weighted by Crippen LogP contribution is 2.28. The third-order valence-corrected chi connectivity index (χ3v) is 4.32. The summed E-state index contributed by atoms with van der Waals surface area (Å²) in [5.74, 6) is 0.710. The molecule has 0 saturated carbocycles. The van der Waals surface area contributed by atoms with Crippen LogP contribution >= 0.6 is 0 Å². The maximum atomic E-state index is 12.7. The Hall–Kier alpha value is -4.00. The van der Waals surface area contributed by atoms with Crippen LogP contribution in [0.4, 0.5) is 11.4 Å². The molecule has 0 radical (unpaired) electrons. The van der Waals surface area contributed by atoms with E-state index in [2.05, 4.69) is 5.10 Å². The van der Waals surface area contributed by atoms with Gasteiger partial charge in [0.1, 0.15) is 11.5 Å². The van der Waals surface area contributed by atoms with E-state index in [1.807, 2.05) is 30.3 Å². The summed E-state index contributed by atoms with van der Waals surface area (Å²) in [6.07, 6.45) is 1.63. The summed E-state index contributed by atoms with van der Waals surface area (Å²) >= 11 is 0. The highest BCUT2D eigenvalue weighted by atomic mass is 16.6. The maximum Gasteiger partial charge on any atom is 0.280 e. The Morgan fingerprint density at radius 2 is 1.86 bits per heavy atom. The van der Waals surface area contributed by atoms with Gasteiger partial charge in [-0.25, -0.2) is 0 Å². The van der Waals surface area contributed by atoms with Gasteiger partial charge in [0.25, 0.3) is 11.6 Å². The number of hydrazone groups is 1. The van der Waals surface area contributed by atoms with Crippen LogP contribution in [0.25, 0.3) is 17.4 Å². The van der Waals surface area contributed by atoms with Crippen LogP contribution in [0.2, 0.25) is 0 Å². The molecular formula is C21H15N3O4. The molecule has 3 aromatic rings. The Labute approximate surface area is 160 Å². The van der Waals surface area contributed by atoms with E-state index in [1.165, 1.54) is 17.1 Å². The SMILES string of the molecule is CC1=NN(c2ccccc2)C(=O)/C1=C\c1ccc(-c2cccc([N+](=O)[O-])c2)o1. The van der Waals surface area contributed by atoms with E-state index >= 15 is 0 Å². The quantitative estimate of drug-likeness (QED) is 0.378. The molecule has 0 bridgehead atoms. The molecule has 2 aromatic carbocycles. The fourth-order valence-electron chi connectivity index (χ4n) is 2.93. The molecule has 1 amide bonds. The molecule has 28 heavy (non-hydrogen) atoms. The topological polar surface area (TPSA) is 89.0 Å². The van der Waals surface area contributed by atoms with E-state index < -0.39 is 4.92 Å². The van der Waals surface area contributed by atoms with E-state index in [0.29, 0.717) is 34.1 Å². The molecule has 1 aromatic heterocycles. The Morgan fingerprint density at radius 3 is 2.61 bits per heavy atom. The average molecular weight is 373 g/mol. The predicted octanol–water partition coefficient (Wildman–Crippen LogP) is 4.66. The van der Waals surface area contributed by atoms with Crippen LogP contribution < -0.4 is 5.01 Å². The first-order valence-corrected chi connectivity index (χ1v) is 8.54. The summed E-state index contributed by atoms with van der Waals surface area (Å²) in [4.78, 5) is 23.2. The second-order valence-corrected chi connectivity index (χ2v) is 6.21. The van der Waals surface area contributed by atoms with Crippen molar-refractivity contribution in [1.29, 1.82) is 0 Å². The molecule has 138 valence electrons. The van der Waals surface area contributed by atoms with E-state index in [0.717, 1.165) is 0 Å². The summed E-state index contributed by atoms with van der Waals surface area (Å²) in [5, 5.41) is 16.6. The zero-order valence-electron chi connectivity index (χ0n) is 14.9. The number of carbonyl (C=O) groups is 1. The van der Waals surface area contributed by atoms with E-state index in [-0.39, 0.29) is 11.6 Å². The number of anilines is 1. The van der Waals surface area contributed by atoms with Crippen LogP contribution in [0.3, 0.4) is 0 Å². The largest absolute Gasteiger partial charge is 0.457 e. The molecule has 7 nitrogen and oxygen atoms in total. The Kier molecular flexibility index (Phi) is 4.33. The van der Waals surface area contributed by atoms with E-state index in [1.54, 1.807) is 37.3 Å². The lowest BCUT2D eigenvalue weighted by atomic mass is 10.1. The van der Waals surface area contributed by atoms with Gasteiger partial charge in [-0.05, 0) is 37.3 Å². The van der Waals surface area contributed by atoms with Gasteiger partial charge in [0, 0.05) is 17.7 Å². The number of nitrogens with zero attached hydrogens (tertiary/aromatic N) is 3.